The van der Waals surface area contributed by atoms with E-state index in [0.29, 0.717) is 5.96 Å². The minimum atomic E-state index is 0.654. The molecule has 3 heteroatoms. The summed E-state index contributed by atoms with van der Waals surface area (Å²) in [6.45, 7) is 4.24. The largest absolute Gasteiger partial charge is 0.369 e. The molecule has 16 heavy (non-hydrogen) atoms. The van der Waals surface area contributed by atoms with Crippen LogP contribution in [0.3, 0.4) is 0 Å². The fourth-order valence-electron chi connectivity index (χ4n) is 1.96. The molecule has 1 heterocycles. The Hall–Kier alpha value is -1.51. The predicted octanol–water partition coefficient (Wildman–Crippen LogP) is 2.29. The summed E-state index contributed by atoms with van der Waals surface area (Å²) < 4.78 is 0. The van der Waals surface area contributed by atoms with E-state index < -0.39 is 0 Å². The molecule has 1 fully saturated rings. The molecular formula is C13H19N3. The Labute approximate surface area is 97.0 Å². The highest BCUT2D eigenvalue weighted by Gasteiger charge is 2.13. The van der Waals surface area contributed by atoms with Crippen molar-refractivity contribution < 1.29 is 0 Å². The maximum Gasteiger partial charge on any atom is 0.196 e. The highest BCUT2D eigenvalue weighted by atomic mass is 15.3. The zero-order valence-corrected chi connectivity index (χ0v) is 9.82. The van der Waals surface area contributed by atoms with E-state index in [1.54, 1.807) is 0 Å². The van der Waals surface area contributed by atoms with E-state index in [-0.39, 0.29) is 0 Å². The monoisotopic (exact) mass is 217 g/mol. The minimum absolute atomic E-state index is 0.654. The first kappa shape index (κ1) is 11.0. The van der Waals surface area contributed by atoms with Crippen LogP contribution in [0.5, 0.6) is 0 Å². The molecule has 0 radical (unpaired) electrons. The smallest absolute Gasteiger partial charge is 0.196 e. The third-order valence-corrected chi connectivity index (χ3v) is 3.02. The molecule has 3 nitrogen and oxygen atoms in total. The van der Waals surface area contributed by atoms with Gasteiger partial charge in [-0.1, -0.05) is 19.1 Å². The molecule has 0 spiro atoms. The molecule has 1 saturated heterocycles. The SMILES string of the molecule is CCc1ccc(N=C(N)N2CCCC2)cc1. The minimum Gasteiger partial charge on any atom is -0.369 e. The van der Waals surface area contributed by atoms with Gasteiger partial charge in [-0.15, -0.1) is 0 Å². The van der Waals surface area contributed by atoms with Crippen LogP contribution >= 0.6 is 0 Å². The highest BCUT2D eigenvalue weighted by molar-refractivity contribution is 5.81. The maximum atomic E-state index is 5.96. The van der Waals surface area contributed by atoms with Crippen molar-refractivity contribution in [2.75, 3.05) is 13.1 Å². The molecule has 0 bridgehead atoms. The number of aliphatic imine (C=N–C) groups is 1. The summed E-state index contributed by atoms with van der Waals surface area (Å²) in [5.74, 6) is 0.654. The van der Waals surface area contributed by atoms with Gasteiger partial charge < -0.3 is 10.6 Å². The lowest BCUT2D eigenvalue weighted by molar-refractivity contribution is 0.513. The molecule has 1 aromatic carbocycles. The zero-order chi connectivity index (χ0) is 11.4. The van der Waals surface area contributed by atoms with Gasteiger partial charge in [-0.25, -0.2) is 4.99 Å². The average Bonchev–Trinajstić information content (AvgIpc) is 2.83. The Morgan fingerprint density at radius 3 is 2.44 bits per heavy atom. The zero-order valence-electron chi connectivity index (χ0n) is 9.82. The number of likely N-dealkylation sites (tertiary alicyclic amines) is 1. The Morgan fingerprint density at radius 2 is 1.88 bits per heavy atom. The van der Waals surface area contributed by atoms with Crippen LogP contribution in [0.4, 0.5) is 5.69 Å². The number of hydrogen-bond acceptors (Lipinski definition) is 1. The number of aryl methyl sites for hydroxylation is 1. The van der Waals surface area contributed by atoms with Crippen molar-refractivity contribution in [1.29, 1.82) is 0 Å². The molecule has 0 saturated carbocycles. The first-order chi connectivity index (χ1) is 7.79. The molecule has 0 atom stereocenters. The number of nitrogens with zero attached hydrogens (tertiary/aromatic N) is 2. The summed E-state index contributed by atoms with van der Waals surface area (Å²) in [7, 11) is 0. The van der Waals surface area contributed by atoms with Crippen molar-refractivity contribution in [3.05, 3.63) is 29.8 Å². The predicted molar refractivity (Wildman–Crippen MR) is 67.9 cm³/mol. The van der Waals surface area contributed by atoms with Gasteiger partial charge in [0.15, 0.2) is 5.96 Å². The van der Waals surface area contributed by atoms with E-state index in [2.05, 4.69) is 28.9 Å². The first-order valence-electron chi connectivity index (χ1n) is 5.97. The second-order valence-electron chi connectivity index (χ2n) is 4.18. The third-order valence-electron chi connectivity index (χ3n) is 3.02. The van der Waals surface area contributed by atoms with Crippen molar-refractivity contribution in [2.24, 2.45) is 10.7 Å². The summed E-state index contributed by atoms with van der Waals surface area (Å²) in [6.07, 6.45) is 3.52. The topological polar surface area (TPSA) is 41.6 Å². The molecule has 86 valence electrons. The average molecular weight is 217 g/mol. The van der Waals surface area contributed by atoms with Gasteiger partial charge in [0.1, 0.15) is 0 Å². The summed E-state index contributed by atoms with van der Waals surface area (Å²) >= 11 is 0. The highest BCUT2D eigenvalue weighted by Crippen LogP contribution is 2.15. The van der Waals surface area contributed by atoms with Crippen LogP contribution in [0.15, 0.2) is 29.3 Å². The lowest BCUT2D eigenvalue weighted by Gasteiger charge is -2.15. The number of rotatable bonds is 2. The fourth-order valence-corrected chi connectivity index (χ4v) is 1.96. The second-order valence-corrected chi connectivity index (χ2v) is 4.18. The van der Waals surface area contributed by atoms with E-state index in [9.17, 15) is 0 Å². The molecule has 1 aromatic rings. The van der Waals surface area contributed by atoms with E-state index in [0.717, 1.165) is 25.2 Å². The molecule has 0 unspecified atom stereocenters. The Morgan fingerprint density at radius 1 is 1.25 bits per heavy atom. The number of nitrogens with two attached hydrogens (primary N) is 1. The third kappa shape index (κ3) is 2.54. The molecule has 1 aliphatic rings. The lowest BCUT2D eigenvalue weighted by atomic mass is 10.2. The first-order valence-corrected chi connectivity index (χ1v) is 5.97. The Kier molecular flexibility index (Phi) is 3.44. The van der Waals surface area contributed by atoms with Crippen LogP contribution in [0.2, 0.25) is 0 Å². The summed E-state index contributed by atoms with van der Waals surface area (Å²) in [6, 6.07) is 8.27. The fraction of sp³-hybridized carbons (Fsp3) is 0.462. The van der Waals surface area contributed by atoms with Crippen molar-refractivity contribution in [3.8, 4) is 0 Å². The van der Waals surface area contributed by atoms with Crippen molar-refractivity contribution in [3.63, 3.8) is 0 Å². The van der Waals surface area contributed by atoms with Crippen LogP contribution in [0.1, 0.15) is 25.3 Å². The van der Waals surface area contributed by atoms with Crippen LogP contribution < -0.4 is 5.73 Å². The maximum absolute atomic E-state index is 5.96. The quantitative estimate of drug-likeness (QED) is 0.610. The van der Waals surface area contributed by atoms with Gasteiger partial charge in [-0.2, -0.15) is 0 Å². The number of guanidine groups is 1. The van der Waals surface area contributed by atoms with Crippen LogP contribution in [0.25, 0.3) is 0 Å². The standard InChI is InChI=1S/C13H19N3/c1-2-11-5-7-12(8-6-11)15-13(14)16-9-3-4-10-16/h5-8H,2-4,9-10H2,1H3,(H2,14,15). The van der Waals surface area contributed by atoms with E-state index >= 15 is 0 Å². The van der Waals surface area contributed by atoms with Crippen molar-refractivity contribution in [1.82, 2.24) is 4.90 Å². The van der Waals surface area contributed by atoms with E-state index in [1.807, 2.05) is 12.1 Å². The molecule has 0 aliphatic carbocycles. The van der Waals surface area contributed by atoms with Gasteiger partial charge in [-0.05, 0) is 37.0 Å². The Balaban J connectivity index is 2.08. The van der Waals surface area contributed by atoms with Gasteiger partial charge in [0.2, 0.25) is 0 Å². The molecular weight excluding hydrogens is 198 g/mol. The molecule has 1 aliphatic heterocycles. The van der Waals surface area contributed by atoms with Crippen LogP contribution in [-0.4, -0.2) is 23.9 Å². The van der Waals surface area contributed by atoms with Crippen molar-refractivity contribution >= 4 is 11.6 Å². The molecule has 0 amide bonds. The van der Waals surface area contributed by atoms with Crippen LogP contribution in [0, 0.1) is 0 Å². The normalized spacial score (nSPS) is 16.8. The molecule has 2 rings (SSSR count). The van der Waals surface area contributed by atoms with E-state index in [1.165, 1.54) is 18.4 Å². The van der Waals surface area contributed by atoms with Gasteiger partial charge in [0.25, 0.3) is 0 Å². The van der Waals surface area contributed by atoms with Gasteiger partial charge >= 0.3 is 0 Å². The van der Waals surface area contributed by atoms with Gasteiger partial charge in [0.05, 0.1) is 5.69 Å². The number of hydrogen-bond donors (Lipinski definition) is 1. The van der Waals surface area contributed by atoms with Gasteiger partial charge in [0, 0.05) is 13.1 Å². The van der Waals surface area contributed by atoms with Gasteiger partial charge in [-0.3, -0.25) is 0 Å². The second kappa shape index (κ2) is 5.01. The number of benzene rings is 1. The van der Waals surface area contributed by atoms with Crippen molar-refractivity contribution in [2.45, 2.75) is 26.2 Å². The molecule has 2 N–H and O–H groups in total. The summed E-state index contributed by atoms with van der Waals surface area (Å²) in [4.78, 5) is 6.58. The lowest BCUT2D eigenvalue weighted by Crippen LogP contribution is -2.34. The Bertz CT molecular complexity index is 361. The summed E-state index contributed by atoms with van der Waals surface area (Å²) in [5, 5.41) is 0. The molecule has 0 aromatic heterocycles. The van der Waals surface area contributed by atoms with E-state index in [4.69, 9.17) is 5.73 Å². The summed E-state index contributed by atoms with van der Waals surface area (Å²) in [5.41, 5.74) is 8.24. The van der Waals surface area contributed by atoms with Crippen LogP contribution in [-0.2, 0) is 6.42 Å².